The number of nitrogens with zero attached hydrogens (tertiary/aromatic N) is 2. The van der Waals surface area contributed by atoms with Gasteiger partial charge in [-0.1, -0.05) is 48.5 Å². The zero-order valence-electron chi connectivity index (χ0n) is 11.8. The van der Waals surface area contributed by atoms with Crippen molar-refractivity contribution in [3.05, 3.63) is 66.0 Å². The molecule has 1 heterocycles. The first-order valence-electron chi connectivity index (χ1n) is 6.96. The second kappa shape index (κ2) is 5.33. The Labute approximate surface area is 119 Å². The highest BCUT2D eigenvalue weighted by Crippen LogP contribution is 2.22. The maximum Gasteiger partial charge on any atom is 0.134 e. The van der Waals surface area contributed by atoms with E-state index in [0.717, 1.165) is 11.3 Å². The largest absolute Gasteiger partial charge is 0.322 e. The van der Waals surface area contributed by atoms with E-state index in [1.54, 1.807) is 0 Å². The molecule has 0 spiro atoms. The van der Waals surface area contributed by atoms with Gasteiger partial charge in [-0.2, -0.15) is 0 Å². The summed E-state index contributed by atoms with van der Waals surface area (Å²) in [5.74, 6) is 1.00. The maximum atomic E-state index is 4.73. The van der Waals surface area contributed by atoms with E-state index in [4.69, 9.17) is 4.98 Å². The van der Waals surface area contributed by atoms with Gasteiger partial charge in [0.05, 0.1) is 11.0 Å². The Kier molecular flexibility index (Phi) is 3.38. The zero-order chi connectivity index (χ0) is 13.9. The van der Waals surface area contributed by atoms with Crippen LogP contribution in [0.2, 0.25) is 0 Å². The molecule has 0 N–H and O–H groups in total. The van der Waals surface area contributed by atoms with Gasteiger partial charge in [-0.3, -0.25) is 0 Å². The van der Waals surface area contributed by atoms with Crippen molar-refractivity contribution in [1.82, 2.24) is 9.55 Å². The molecule has 1 aromatic heterocycles. The van der Waals surface area contributed by atoms with Gasteiger partial charge in [0.15, 0.2) is 0 Å². The Morgan fingerprint density at radius 3 is 2.35 bits per heavy atom. The molecular weight excluding hydrogens is 244 g/mol. The number of hydrogen-bond donors (Lipinski definition) is 0. The summed E-state index contributed by atoms with van der Waals surface area (Å²) < 4.78 is 2.27. The van der Waals surface area contributed by atoms with Crippen LogP contribution >= 0.6 is 0 Å². The standard InChI is InChI=1S/C18H18N2/c1-14(2)20-17-11-7-6-10-16(17)19-18(20)13-12-15-8-4-3-5-9-15/h3-14H,1-2H3. The van der Waals surface area contributed by atoms with Crippen molar-refractivity contribution in [2.75, 3.05) is 0 Å². The molecule has 0 fully saturated rings. The van der Waals surface area contributed by atoms with Crippen molar-refractivity contribution < 1.29 is 0 Å². The van der Waals surface area contributed by atoms with Crippen LogP contribution in [-0.2, 0) is 0 Å². The summed E-state index contributed by atoms with van der Waals surface area (Å²) in [6, 6.07) is 19.0. The lowest BCUT2D eigenvalue weighted by molar-refractivity contribution is 0.612. The third-order valence-electron chi connectivity index (χ3n) is 3.36. The van der Waals surface area contributed by atoms with Crippen molar-refractivity contribution in [3.63, 3.8) is 0 Å². The van der Waals surface area contributed by atoms with E-state index in [2.05, 4.69) is 60.9 Å². The summed E-state index contributed by atoms with van der Waals surface area (Å²) in [5.41, 5.74) is 3.43. The second-order valence-electron chi connectivity index (χ2n) is 5.17. The third kappa shape index (κ3) is 2.37. The molecule has 0 amide bonds. The molecule has 0 radical (unpaired) electrons. The number of aromatic nitrogens is 2. The van der Waals surface area contributed by atoms with E-state index in [-0.39, 0.29) is 0 Å². The first-order valence-corrected chi connectivity index (χ1v) is 6.96. The average molecular weight is 262 g/mol. The SMILES string of the molecule is CC(C)n1c(C=Cc2ccccc2)nc2ccccc21. The van der Waals surface area contributed by atoms with E-state index in [1.165, 1.54) is 11.1 Å². The van der Waals surface area contributed by atoms with Gasteiger partial charge in [0.2, 0.25) is 0 Å². The van der Waals surface area contributed by atoms with Crippen LogP contribution in [0.15, 0.2) is 54.6 Å². The van der Waals surface area contributed by atoms with Crippen LogP contribution in [0.5, 0.6) is 0 Å². The topological polar surface area (TPSA) is 17.8 Å². The summed E-state index contributed by atoms with van der Waals surface area (Å²) in [4.78, 5) is 4.73. The van der Waals surface area contributed by atoms with Crippen LogP contribution in [0.25, 0.3) is 23.2 Å². The van der Waals surface area contributed by atoms with E-state index in [0.29, 0.717) is 6.04 Å². The molecule has 0 saturated heterocycles. The summed E-state index contributed by atoms with van der Waals surface area (Å²) in [6.07, 6.45) is 4.20. The molecule has 2 heteroatoms. The van der Waals surface area contributed by atoms with Gasteiger partial charge in [-0.05, 0) is 37.6 Å². The minimum absolute atomic E-state index is 0.387. The second-order valence-corrected chi connectivity index (χ2v) is 5.17. The van der Waals surface area contributed by atoms with Crippen molar-refractivity contribution in [2.24, 2.45) is 0 Å². The van der Waals surface area contributed by atoms with Crippen LogP contribution in [0, 0.1) is 0 Å². The van der Waals surface area contributed by atoms with Gasteiger partial charge in [0.25, 0.3) is 0 Å². The van der Waals surface area contributed by atoms with Crippen molar-refractivity contribution in [2.45, 2.75) is 19.9 Å². The van der Waals surface area contributed by atoms with Crippen molar-refractivity contribution in [3.8, 4) is 0 Å². The fraction of sp³-hybridized carbons (Fsp3) is 0.167. The highest BCUT2D eigenvalue weighted by Gasteiger charge is 2.10. The molecule has 2 aromatic carbocycles. The quantitative estimate of drug-likeness (QED) is 0.663. The Hall–Kier alpha value is -2.35. The molecule has 3 aromatic rings. The molecule has 100 valence electrons. The molecule has 0 aliphatic carbocycles. The van der Waals surface area contributed by atoms with Gasteiger partial charge in [-0.25, -0.2) is 4.98 Å². The molecule has 0 saturated carbocycles. The zero-order valence-corrected chi connectivity index (χ0v) is 11.8. The summed E-state index contributed by atoms with van der Waals surface area (Å²) in [6.45, 7) is 4.38. The lowest BCUT2D eigenvalue weighted by Gasteiger charge is -2.10. The predicted octanol–water partition coefficient (Wildman–Crippen LogP) is 4.79. The Bertz CT molecular complexity index is 736. The van der Waals surface area contributed by atoms with Crippen LogP contribution in [0.4, 0.5) is 0 Å². The molecule has 3 rings (SSSR count). The molecule has 0 aliphatic heterocycles. The number of fused-ring (bicyclic) bond motifs is 1. The lowest BCUT2D eigenvalue weighted by Crippen LogP contribution is -2.02. The minimum Gasteiger partial charge on any atom is -0.322 e. The molecule has 0 bridgehead atoms. The van der Waals surface area contributed by atoms with Crippen LogP contribution in [-0.4, -0.2) is 9.55 Å². The Morgan fingerprint density at radius 2 is 1.60 bits per heavy atom. The van der Waals surface area contributed by atoms with Crippen molar-refractivity contribution in [1.29, 1.82) is 0 Å². The molecular formula is C18H18N2. The molecule has 2 nitrogen and oxygen atoms in total. The number of para-hydroxylation sites is 2. The first kappa shape index (κ1) is 12.7. The van der Waals surface area contributed by atoms with E-state index in [1.807, 2.05) is 24.3 Å². The van der Waals surface area contributed by atoms with E-state index < -0.39 is 0 Å². The van der Waals surface area contributed by atoms with Gasteiger partial charge >= 0.3 is 0 Å². The molecule has 0 atom stereocenters. The fourth-order valence-corrected chi connectivity index (χ4v) is 2.46. The fourth-order valence-electron chi connectivity index (χ4n) is 2.46. The Balaban J connectivity index is 2.07. The number of benzene rings is 2. The van der Waals surface area contributed by atoms with Crippen molar-refractivity contribution >= 4 is 23.2 Å². The van der Waals surface area contributed by atoms with Gasteiger partial charge < -0.3 is 4.57 Å². The minimum atomic E-state index is 0.387. The normalized spacial score (nSPS) is 11.8. The summed E-state index contributed by atoms with van der Waals surface area (Å²) >= 11 is 0. The average Bonchev–Trinajstić information content (AvgIpc) is 2.84. The Morgan fingerprint density at radius 1 is 0.900 bits per heavy atom. The highest BCUT2D eigenvalue weighted by atomic mass is 15.1. The maximum absolute atomic E-state index is 4.73. The third-order valence-corrected chi connectivity index (χ3v) is 3.36. The predicted molar refractivity (Wildman–Crippen MR) is 85.5 cm³/mol. The smallest absolute Gasteiger partial charge is 0.134 e. The van der Waals surface area contributed by atoms with Gasteiger partial charge in [0.1, 0.15) is 5.82 Å². The van der Waals surface area contributed by atoms with Crippen LogP contribution < -0.4 is 0 Å². The molecule has 20 heavy (non-hydrogen) atoms. The number of hydrogen-bond acceptors (Lipinski definition) is 1. The van der Waals surface area contributed by atoms with E-state index >= 15 is 0 Å². The molecule has 0 unspecified atom stereocenters. The number of imidazole rings is 1. The lowest BCUT2D eigenvalue weighted by atomic mass is 10.2. The van der Waals surface area contributed by atoms with Crippen LogP contribution in [0.3, 0.4) is 0 Å². The van der Waals surface area contributed by atoms with Crippen LogP contribution in [0.1, 0.15) is 31.3 Å². The summed E-state index contributed by atoms with van der Waals surface area (Å²) in [7, 11) is 0. The monoisotopic (exact) mass is 262 g/mol. The van der Waals surface area contributed by atoms with Gasteiger partial charge in [-0.15, -0.1) is 0 Å². The van der Waals surface area contributed by atoms with Gasteiger partial charge in [0, 0.05) is 6.04 Å². The molecule has 0 aliphatic rings. The highest BCUT2D eigenvalue weighted by molar-refractivity contribution is 5.80. The first-order chi connectivity index (χ1) is 9.75. The summed E-state index contributed by atoms with van der Waals surface area (Å²) in [5, 5.41) is 0. The van der Waals surface area contributed by atoms with E-state index in [9.17, 15) is 0 Å². The number of rotatable bonds is 3.